The molecule has 0 radical (unpaired) electrons. The summed E-state index contributed by atoms with van der Waals surface area (Å²) in [6.07, 6.45) is 9.22. The molecule has 0 fully saturated rings. The molecule has 0 bridgehead atoms. The van der Waals surface area contributed by atoms with Gasteiger partial charge in [-0.3, -0.25) is 4.98 Å². The van der Waals surface area contributed by atoms with E-state index in [0.717, 1.165) is 25.1 Å². The van der Waals surface area contributed by atoms with Gasteiger partial charge in [0.15, 0.2) is 0 Å². The molecule has 3 rings (SSSR count). The first-order valence-corrected chi connectivity index (χ1v) is 8.78. The predicted molar refractivity (Wildman–Crippen MR) is 108 cm³/mol. The number of aromatic nitrogens is 2. The molecule has 0 aliphatic carbocycles. The number of hydrogen-bond donors (Lipinski definition) is 3. The van der Waals surface area contributed by atoms with Crippen LogP contribution in [0.4, 0.5) is 5.69 Å². The monoisotopic (exact) mass is 381 g/mol. The average molecular weight is 381 g/mol. The van der Waals surface area contributed by atoms with E-state index in [9.17, 15) is 9.59 Å². The van der Waals surface area contributed by atoms with Crippen LogP contribution in [-0.4, -0.2) is 38.2 Å². The number of pyridine rings is 1. The van der Waals surface area contributed by atoms with Crippen LogP contribution in [0.2, 0.25) is 0 Å². The van der Waals surface area contributed by atoms with Crippen molar-refractivity contribution in [2.24, 2.45) is 7.05 Å². The smallest absolute Gasteiger partial charge is 0.328 e. The van der Waals surface area contributed by atoms with Crippen LogP contribution in [0.15, 0.2) is 67.1 Å². The number of hydrogen-bond acceptors (Lipinski definition) is 4. The lowest BCUT2D eigenvalue weighted by Crippen LogP contribution is -2.02. The molecule has 0 saturated heterocycles. The maximum Gasteiger partial charge on any atom is 0.328 e. The molecule has 0 aliphatic heterocycles. The summed E-state index contributed by atoms with van der Waals surface area (Å²) >= 11 is 0. The van der Waals surface area contributed by atoms with Crippen molar-refractivity contribution in [1.82, 2.24) is 9.55 Å². The van der Waals surface area contributed by atoms with E-state index in [1.807, 2.05) is 18.3 Å². The third-order valence-electron chi connectivity index (χ3n) is 3.96. The first-order chi connectivity index (χ1) is 13.5. The molecular weight excluding hydrogens is 358 g/mol. The molecule has 3 N–H and O–H groups in total. The second kappa shape index (κ2) is 10.5. The lowest BCUT2D eigenvalue weighted by Gasteiger charge is -2.05. The van der Waals surface area contributed by atoms with Crippen molar-refractivity contribution in [2.45, 2.75) is 12.8 Å². The summed E-state index contributed by atoms with van der Waals surface area (Å²) < 4.78 is 2.21. The number of anilines is 1. The first-order valence-electron chi connectivity index (χ1n) is 8.78. The van der Waals surface area contributed by atoms with Gasteiger partial charge in [0.2, 0.25) is 0 Å². The van der Waals surface area contributed by atoms with Crippen molar-refractivity contribution in [2.75, 3.05) is 11.9 Å². The summed E-state index contributed by atoms with van der Waals surface area (Å²) in [5, 5.41) is 20.4. The molecule has 3 aromatic rings. The highest BCUT2D eigenvalue weighted by atomic mass is 16.4. The normalized spacial score (nSPS) is 10.5. The Morgan fingerprint density at radius 3 is 2.46 bits per heavy atom. The van der Waals surface area contributed by atoms with Crippen LogP contribution >= 0.6 is 0 Å². The summed E-state index contributed by atoms with van der Waals surface area (Å²) in [4.78, 5) is 23.2. The fourth-order valence-corrected chi connectivity index (χ4v) is 2.75. The number of carboxylic acid groups (broad SMARTS) is 2. The molecule has 28 heavy (non-hydrogen) atoms. The van der Waals surface area contributed by atoms with Crippen LogP contribution in [0.5, 0.6) is 0 Å². The molecule has 0 aliphatic rings. The summed E-state index contributed by atoms with van der Waals surface area (Å²) in [5.41, 5.74) is 3.82. The van der Waals surface area contributed by atoms with E-state index < -0.39 is 11.9 Å². The second-order valence-electron chi connectivity index (χ2n) is 6.06. The minimum atomic E-state index is -1.26. The van der Waals surface area contributed by atoms with Gasteiger partial charge in [-0.1, -0.05) is 18.2 Å². The minimum Gasteiger partial charge on any atom is -0.478 e. The minimum absolute atomic E-state index is 0.558. The molecular formula is C21H23N3O4. The van der Waals surface area contributed by atoms with Crippen molar-refractivity contribution >= 4 is 28.5 Å². The molecule has 0 spiro atoms. The highest BCUT2D eigenvalue weighted by molar-refractivity contribution is 5.89. The lowest BCUT2D eigenvalue weighted by atomic mass is 10.1. The third kappa shape index (κ3) is 6.60. The zero-order chi connectivity index (χ0) is 20.4. The van der Waals surface area contributed by atoms with E-state index >= 15 is 0 Å². The Morgan fingerprint density at radius 2 is 1.82 bits per heavy atom. The molecule has 0 unspecified atom stereocenters. The van der Waals surface area contributed by atoms with Crippen LogP contribution in [0.25, 0.3) is 10.9 Å². The third-order valence-corrected chi connectivity index (χ3v) is 3.96. The standard InChI is InChI=1S/C17H19N3.C4H4O4/c1-20-13-14(16-8-2-3-9-17(16)20)6-4-11-19-15-7-5-10-18-12-15;5-3(6)1-2-4(7)8/h2-3,5,7-10,12-13,19H,4,6,11H2,1H3;1-2H,(H,5,6)(H,7,8)/b;2-1-. The van der Waals surface area contributed by atoms with Gasteiger partial charge in [0.05, 0.1) is 5.69 Å². The van der Waals surface area contributed by atoms with Crippen molar-refractivity contribution in [3.8, 4) is 0 Å². The number of benzene rings is 1. The molecule has 2 aromatic heterocycles. The number of rotatable bonds is 7. The number of carbonyl (C=O) groups is 2. The van der Waals surface area contributed by atoms with Gasteiger partial charge < -0.3 is 20.1 Å². The van der Waals surface area contributed by atoms with Gasteiger partial charge in [-0.25, -0.2) is 9.59 Å². The van der Waals surface area contributed by atoms with Gasteiger partial charge in [0.25, 0.3) is 0 Å². The van der Waals surface area contributed by atoms with E-state index in [1.54, 1.807) is 6.20 Å². The van der Waals surface area contributed by atoms with Crippen LogP contribution < -0.4 is 5.32 Å². The lowest BCUT2D eigenvalue weighted by molar-refractivity contribution is -0.134. The fraction of sp³-hybridized carbons (Fsp3) is 0.190. The Labute approximate surface area is 163 Å². The van der Waals surface area contributed by atoms with Gasteiger partial charge in [-0.2, -0.15) is 0 Å². The van der Waals surface area contributed by atoms with E-state index in [-0.39, 0.29) is 0 Å². The number of aryl methyl sites for hydroxylation is 2. The molecule has 7 heteroatoms. The number of nitrogens with zero attached hydrogens (tertiary/aromatic N) is 2. The number of nitrogens with one attached hydrogen (secondary N) is 1. The summed E-state index contributed by atoms with van der Waals surface area (Å²) in [7, 11) is 2.11. The summed E-state index contributed by atoms with van der Waals surface area (Å²) in [6.45, 7) is 0.967. The van der Waals surface area contributed by atoms with E-state index in [2.05, 4.69) is 52.4 Å². The molecule has 0 saturated carbocycles. The maximum atomic E-state index is 9.55. The van der Waals surface area contributed by atoms with Crippen molar-refractivity contribution in [3.05, 3.63) is 72.7 Å². The molecule has 7 nitrogen and oxygen atoms in total. The van der Waals surface area contributed by atoms with Crippen LogP contribution in [0.1, 0.15) is 12.0 Å². The number of fused-ring (bicyclic) bond motifs is 1. The van der Waals surface area contributed by atoms with Gasteiger partial charge in [0, 0.05) is 55.2 Å². The Morgan fingerprint density at radius 1 is 1.11 bits per heavy atom. The fourth-order valence-electron chi connectivity index (χ4n) is 2.75. The first kappa shape index (κ1) is 20.7. The SMILES string of the molecule is Cn1cc(CCCNc2cccnc2)c2ccccc21.O=C(O)/C=C\C(=O)O. The topological polar surface area (TPSA) is 104 Å². The van der Waals surface area contributed by atoms with Crippen molar-refractivity contribution < 1.29 is 19.8 Å². The average Bonchev–Trinajstić information content (AvgIpc) is 3.01. The Balaban J connectivity index is 0.000000300. The zero-order valence-corrected chi connectivity index (χ0v) is 15.6. The van der Waals surface area contributed by atoms with Crippen molar-refractivity contribution in [3.63, 3.8) is 0 Å². The van der Waals surface area contributed by atoms with Crippen LogP contribution in [0, 0.1) is 0 Å². The number of carboxylic acids is 2. The van der Waals surface area contributed by atoms with E-state index in [0.29, 0.717) is 12.2 Å². The van der Waals surface area contributed by atoms with E-state index in [4.69, 9.17) is 10.2 Å². The van der Waals surface area contributed by atoms with Gasteiger partial charge in [-0.05, 0) is 36.6 Å². The van der Waals surface area contributed by atoms with Crippen LogP contribution in [-0.2, 0) is 23.1 Å². The summed E-state index contributed by atoms with van der Waals surface area (Å²) in [5.74, 6) is -2.51. The van der Waals surface area contributed by atoms with Crippen molar-refractivity contribution in [1.29, 1.82) is 0 Å². The zero-order valence-electron chi connectivity index (χ0n) is 15.6. The quantitative estimate of drug-likeness (QED) is 0.428. The predicted octanol–water partition coefficient (Wildman–Crippen LogP) is 3.33. The Hall–Kier alpha value is -3.61. The summed E-state index contributed by atoms with van der Waals surface area (Å²) in [6, 6.07) is 12.6. The molecule has 2 heterocycles. The highest BCUT2D eigenvalue weighted by Gasteiger charge is 2.05. The molecule has 0 amide bonds. The van der Waals surface area contributed by atoms with Gasteiger partial charge in [-0.15, -0.1) is 0 Å². The second-order valence-corrected chi connectivity index (χ2v) is 6.06. The van der Waals surface area contributed by atoms with Gasteiger partial charge >= 0.3 is 11.9 Å². The molecule has 1 aromatic carbocycles. The van der Waals surface area contributed by atoms with Gasteiger partial charge in [0.1, 0.15) is 0 Å². The largest absolute Gasteiger partial charge is 0.478 e. The van der Waals surface area contributed by atoms with E-state index in [1.165, 1.54) is 16.5 Å². The maximum absolute atomic E-state index is 9.55. The van der Waals surface area contributed by atoms with Crippen LogP contribution in [0.3, 0.4) is 0 Å². The Kier molecular flexibility index (Phi) is 7.77. The number of para-hydroxylation sites is 1. The number of aliphatic carboxylic acids is 2. The Bertz CT molecular complexity index is 933. The molecule has 0 atom stereocenters. The molecule has 146 valence electrons. The highest BCUT2D eigenvalue weighted by Crippen LogP contribution is 2.21.